The summed E-state index contributed by atoms with van der Waals surface area (Å²) >= 11 is 5.03. The molecule has 0 aliphatic heterocycles. The van der Waals surface area contributed by atoms with Gasteiger partial charge in [-0.1, -0.05) is 74.5 Å². The molecule has 3 N–H and O–H groups in total. The molecular weight excluding hydrogens is 334 g/mol. The van der Waals surface area contributed by atoms with Crippen LogP contribution in [0.4, 0.5) is 0 Å². The van der Waals surface area contributed by atoms with E-state index in [0.717, 1.165) is 11.1 Å². The summed E-state index contributed by atoms with van der Waals surface area (Å²) in [5.41, 5.74) is 6.90. The Hall–Kier alpha value is -2.73. The van der Waals surface area contributed by atoms with Crippen molar-refractivity contribution in [1.82, 2.24) is 16.2 Å². The van der Waals surface area contributed by atoms with Gasteiger partial charge in [0.05, 0.1) is 5.92 Å². The van der Waals surface area contributed by atoms with Crippen molar-refractivity contribution in [2.24, 2.45) is 5.92 Å². The maximum atomic E-state index is 12.7. The Morgan fingerprint density at radius 3 is 1.72 bits per heavy atom. The minimum atomic E-state index is -0.487. The normalized spacial score (nSPS) is 10.4. The summed E-state index contributed by atoms with van der Waals surface area (Å²) in [6.07, 6.45) is 0. The molecule has 25 heavy (non-hydrogen) atoms. The molecule has 0 radical (unpaired) electrons. The lowest BCUT2D eigenvalue weighted by molar-refractivity contribution is -0.123. The standard InChI is InChI=1S/C19H21N3O2S/c1-13(2)17(23)20-19(25)22-21-18(24)16(14-9-5-3-6-10-14)15-11-7-4-8-12-15/h3-13,16H,1-2H3,(H,21,24)(H2,20,22,23,25). The molecule has 2 amide bonds. The predicted octanol–water partition coefficient (Wildman–Crippen LogP) is 2.50. The van der Waals surface area contributed by atoms with Gasteiger partial charge in [0.2, 0.25) is 11.8 Å². The maximum Gasteiger partial charge on any atom is 0.250 e. The van der Waals surface area contributed by atoms with Gasteiger partial charge in [-0.2, -0.15) is 0 Å². The van der Waals surface area contributed by atoms with E-state index in [9.17, 15) is 9.59 Å². The second-order valence-corrected chi connectivity index (χ2v) is 6.25. The van der Waals surface area contributed by atoms with E-state index in [2.05, 4.69) is 16.2 Å². The summed E-state index contributed by atoms with van der Waals surface area (Å²) in [5.74, 6) is -1.16. The number of hydrogen-bond acceptors (Lipinski definition) is 3. The fourth-order valence-corrected chi connectivity index (χ4v) is 2.42. The van der Waals surface area contributed by atoms with Gasteiger partial charge in [-0.15, -0.1) is 0 Å². The molecule has 2 aromatic carbocycles. The van der Waals surface area contributed by atoms with Crippen molar-refractivity contribution in [1.29, 1.82) is 0 Å². The molecule has 0 atom stereocenters. The van der Waals surface area contributed by atoms with Crippen LogP contribution in [0.2, 0.25) is 0 Å². The van der Waals surface area contributed by atoms with E-state index < -0.39 is 5.92 Å². The number of amides is 2. The summed E-state index contributed by atoms with van der Waals surface area (Å²) in [6.45, 7) is 3.52. The van der Waals surface area contributed by atoms with Crippen LogP contribution in [0.3, 0.4) is 0 Å². The molecule has 6 heteroatoms. The maximum absolute atomic E-state index is 12.7. The number of carbonyl (C=O) groups is 2. The quantitative estimate of drug-likeness (QED) is 0.582. The van der Waals surface area contributed by atoms with Gasteiger partial charge in [0.1, 0.15) is 0 Å². The number of hydrogen-bond donors (Lipinski definition) is 3. The molecule has 0 heterocycles. The van der Waals surface area contributed by atoms with Crippen molar-refractivity contribution in [2.45, 2.75) is 19.8 Å². The molecule has 0 bridgehead atoms. The minimum Gasteiger partial charge on any atom is -0.302 e. The van der Waals surface area contributed by atoms with Crippen molar-refractivity contribution in [3.63, 3.8) is 0 Å². The molecule has 0 aliphatic carbocycles. The number of benzene rings is 2. The Bertz CT molecular complexity index is 693. The lowest BCUT2D eigenvalue weighted by Gasteiger charge is -2.19. The van der Waals surface area contributed by atoms with Crippen LogP contribution in [0, 0.1) is 5.92 Å². The average molecular weight is 355 g/mol. The monoisotopic (exact) mass is 355 g/mol. The molecule has 0 aliphatic rings. The zero-order valence-corrected chi connectivity index (χ0v) is 15.0. The van der Waals surface area contributed by atoms with Gasteiger partial charge in [0, 0.05) is 5.92 Å². The van der Waals surface area contributed by atoms with Crippen LogP contribution >= 0.6 is 12.2 Å². The number of hydrazine groups is 1. The van der Waals surface area contributed by atoms with Crippen LogP contribution in [0.5, 0.6) is 0 Å². The highest BCUT2D eigenvalue weighted by Gasteiger charge is 2.22. The second kappa shape index (κ2) is 8.94. The van der Waals surface area contributed by atoms with Crippen LogP contribution in [0.25, 0.3) is 0 Å². The van der Waals surface area contributed by atoms with Gasteiger partial charge in [-0.25, -0.2) is 0 Å². The van der Waals surface area contributed by atoms with Crippen molar-refractivity contribution in [3.8, 4) is 0 Å². The van der Waals surface area contributed by atoms with Crippen molar-refractivity contribution < 1.29 is 9.59 Å². The Morgan fingerprint density at radius 2 is 1.28 bits per heavy atom. The molecule has 0 spiro atoms. The third-order valence-corrected chi connectivity index (χ3v) is 3.79. The van der Waals surface area contributed by atoms with E-state index in [-0.39, 0.29) is 22.8 Å². The summed E-state index contributed by atoms with van der Waals surface area (Å²) < 4.78 is 0. The Kier molecular flexibility index (Phi) is 6.65. The summed E-state index contributed by atoms with van der Waals surface area (Å²) in [5, 5.41) is 2.58. The molecule has 0 fully saturated rings. The average Bonchev–Trinajstić information content (AvgIpc) is 2.62. The highest BCUT2D eigenvalue weighted by Crippen LogP contribution is 2.24. The number of nitrogens with one attached hydrogen (secondary N) is 3. The number of rotatable bonds is 4. The van der Waals surface area contributed by atoms with E-state index in [0.29, 0.717) is 0 Å². The Labute approximate surface area is 152 Å². The van der Waals surface area contributed by atoms with Gasteiger partial charge in [0.25, 0.3) is 0 Å². The minimum absolute atomic E-state index is 0.0620. The lowest BCUT2D eigenvalue weighted by Crippen LogP contribution is -2.50. The highest BCUT2D eigenvalue weighted by molar-refractivity contribution is 7.80. The Balaban J connectivity index is 2.09. The van der Waals surface area contributed by atoms with E-state index in [1.54, 1.807) is 13.8 Å². The largest absolute Gasteiger partial charge is 0.302 e. The highest BCUT2D eigenvalue weighted by atomic mass is 32.1. The second-order valence-electron chi connectivity index (χ2n) is 5.84. The first-order valence-corrected chi connectivity index (χ1v) is 8.40. The summed E-state index contributed by atoms with van der Waals surface area (Å²) in [6, 6.07) is 19.0. The first-order valence-electron chi connectivity index (χ1n) is 7.99. The zero-order valence-electron chi connectivity index (χ0n) is 14.2. The van der Waals surface area contributed by atoms with Gasteiger partial charge in [0.15, 0.2) is 5.11 Å². The molecule has 130 valence electrons. The first-order chi connectivity index (χ1) is 12.0. The molecule has 0 unspecified atom stereocenters. The van der Waals surface area contributed by atoms with E-state index in [1.165, 1.54) is 0 Å². The van der Waals surface area contributed by atoms with Gasteiger partial charge >= 0.3 is 0 Å². The predicted molar refractivity (Wildman–Crippen MR) is 102 cm³/mol. The summed E-state index contributed by atoms with van der Waals surface area (Å²) in [7, 11) is 0. The van der Waals surface area contributed by atoms with Crippen LogP contribution in [-0.2, 0) is 9.59 Å². The molecule has 0 saturated heterocycles. The van der Waals surface area contributed by atoms with Gasteiger partial charge in [-0.3, -0.25) is 20.4 Å². The Morgan fingerprint density at radius 1 is 0.800 bits per heavy atom. The fraction of sp³-hybridized carbons (Fsp3) is 0.211. The van der Waals surface area contributed by atoms with Crippen molar-refractivity contribution >= 4 is 29.1 Å². The van der Waals surface area contributed by atoms with Crippen LogP contribution in [0.1, 0.15) is 30.9 Å². The van der Waals surface area contributed by atoms with Crippen LogP contribution < -0.4 is 16.2 Å². The van der Waals surface area contributed by atoms with Crippen molar-refractivity contribution in [3.05, 3.63) is 71.8 Å². The van der Waals surface area contributed by atoms with E-state index in [1.807, 2.05) is 60.7 Å². The fourth-order valence-electron chi connectivity index (χ4n) is 2.26. The molecule has 0 saturated carbocycles. The third kappa shape index (κ3) is 5.39. The third-order valence-electron chi connectivity index (χ3n) is 3.59. The summed E-state index contributed by atoms with van der Waals surface area (Å²) in [4.78, 5) is 24.3. The SMILES string of the molecule is CC(C)C(=O)NC(=S)NNC(=O)C(c1ccccc1)c1ccccc1. The van der Waals surface area contributed by atoms with E-state index >= 15 is 0 Å². The van der Waals surface area contributed by atoms with Gasteiger partial charge in [-0.05, 0) is 23.3 Å². The molecule has 2 aromatic rings. The number of carbonyl (C=O) groups excluding carboxylic acids is 2. The first kappa shape index (κ1) is 18.6. The lowest BCUT2D eigenvalue weighted by atomic mass is 9.91. The van der Waals surface area contributed by atoms with Crippen molar-refractivity contribution in [2.75, 3.05) is 0 Å². The van der Waals surface area contributed by atoms with E-state index in [4.69, 9.17) is 12.2 Å². The molecule has 2 rings (SSSR count). The van der Waals surface area contributed by atoms with Crippen LogP contribution in [0.15, 0.2) is 60.7 Å². The van der Waals surface area contributed by atoms with Gasteiger partial charge < -0.3 is 5.32 Å². The number of thiocarbonyl (C=S) groups is 1. The van der Waals surface area contributed by atoms with Crippen LogP contribution in [-0.4, -0.2) is 16.9 Å². The molecule has 0 aromatic heterocycles. The smallest absolute Gasteiger partial charge is 0.250 e. The zero-order chi connectivity index (χ0) is 18.2. The topological polar surface area (TPSA) is 70.2 Å². The molecule has 5 nitrogen and oxygen atoms in total. The molecular formula is C19H21N3O2S.